The number of carbonyl (C=O) groups is 3. The van der Waals surface area contributed by atoms with Crippen LogP contribution in [0.15, 0.2) is 48.5 Å². The van der Waals surface area contributed by atoms with Gasteiger partial charge in [0.2, 0.25) is 5.91 Å². The minimum absolute atomic E-state index is 0. The van der Waals surface area contributed by atoms with E-state index in [-0.39, 0.29) is 30.1 Å². The summed E-state index contributed by atoms with van der Waals surface area (Å²) in [6.45, 7) is 1.35. The second-order valence-electron chi connectivity index (χ2n) is 6.24. The Hall–Kier alpha value is -2.90. The topological polar surface area (TPSA) is 105 Å². The van der Waals surface area contributed by atoms with E-state index in [9.17, 15) is 14.4 Å². The number of halogens is 1. The number of carbonyl (C=O) groups excluding carboxylic acids is 3. The van der Waals surface area contributed by atoms with Crippen LogP contribution >= 0.6 is 12.4 Å². The third-order valence-electron chi connectivity index (χ3n) is 4.34. The number of hydrogen-bond acceptors (Lipinski definition) is 4. The molecule has 0 radical (unpaired) electrons. The summed E-state index contributed by atoms with van der Waals surface area (Å²) in [7, 11) is 0. The van der Waals surface area contributed by atoms with Crippen LogP contribution in [0.2, 0.25) is 0 Å². The lowest BCUT2D eigenvalue weighted by Crippen LogP contribution is -2.30. The number of nitrogens with one attached hydrogen (secondary N) is 2. The molecule has 2 aromatic rings. The first-order valence-electron chi connectivity index (χ1n) is 8.89. The van der Waals surface area contributed by atoms with Gasteiger partial charge in [-0.05, 0) is 36.8 Å². The summed E-state index contributed by atoms with van der Waals surface area (Å²) in [4.78, 5) is 38.5. The molecule has 1 heterocycles. The van der Waals surface area contributed by atoms with Crippen molar-refractivity contribution in [2.75, 3.05) is 29.9 Å². The zero-order chi connectivity index (χ0) is 19.2. The average Bonchev–Trinajstić information content (AvgIpc) is 3.12. The van der Waals surface area contributed by atoms with Crippen LogP contribution in [0.25, 0.3) is 0 Å². The van der Waals surface area contributed by atoms with E-state index in [1.165, 1.54) is 0 Å². The molecule has 1 saturated heterocycles. The molecule has 7 nitrogen and oxygen atoms in total. The van der Waals surface area contributed by atoms with Crippen LogP contribution in [0, 0.1) is 0 Å². The first-order valence-corrected chi connectivity index (χ1v) is 8.89. The molecule has 0 spiro atoms. The lowest BCUT2D eigenvalue weighted by Gasteiger charge is -2.17. The standard InChI is InChI=1S/C20H22N4O3.ClH/c21-10-11-22-20(27)16-7-1-2-8-17(16)23-19(26)14-5-3-6-15(13-14)24-12-4-9-18(24)25;/h1-3,5-8,13H,4,9-12,21H2,(H,22,27)(H,23,26);1H. The summed E-state index contributed by atoms with van der Waals surface area (Å²) >= 11 is 0. The highest BCUT2D eigenvalue weighted by molar-refractivity contribution is 6.09. The van der Waals surface area contributed by atoms with Crippen molar-refractivity contribution in [3.8, 4) is 0 Å². The number of hydrogen-bond donors (Lipinski definition) is 3. The zero-order valence-electron chi connectivity index (χ0n) is 15.3. The van der Waals surface area contributed by atoms with Gasteiger partial charge in [-0.3, -0.25) is 14.4 Å². The molecule has 3 amide bonds. The second kappa shape index (κ2) is 9.87. The third kappa shape index (κ3) is 4.88. The van der Waals surface area contributed by atoms with Gasteiger partial charge in [-0.15, -0.1) is 12.4 Å². The van der Waals surface area contributed by atoms with Gasteiger partial charge in [-0.1, -0.05) is 18.2 Å². The van der Waals surface area contributed by atoms with E-state index in [1.54, 1.807) is 47.4 Å². The Bertz CT molecular complexity index is 872. The van der Waals surface area contributed by atoms with Gasteiger partial charge in [0.15, 0.2) is 0 Å². The molecule has 2 aromatic carbocycles. The maximum absolute atomic E-state index is 12.7. The van der Waals surface area contributed by atoms with E-state index >= 15 is 0 Å². The Balaban J connectivity index is 0.00000280. The van der Waals surface area contributed by atoms with Crippen molar-refractivity contribution in [2.24, 2.45) is 5.73 Å². The first-order chi connectivity index (χ1) is 13.1. The Morgan fingerprint density at radius 2 is 1.86 bits per heavy atom. The lowest BCUT2D eigenvalue weighted by molar-refractivity contribution is -0.117. The molecule has 3 rings (SSSR count). The highest BCUT2D eigenvalue weighted by Gasteiger charge is 2.22. The van der Waals surface area contributed by atoms with E-state index in [1.807, 2.05) is 6.07 Å². The average molecular weight is 403 g/mol. The van der Waals surface area contributed by atoms with Crippen molar-refractivity contribution in [3.63, 3.8) is 0 Å². The predicted octanol–water partition coefficient (Wildman–Crippen LogP) is 2.18. The van der Waals surface area contributed by atoms with Crippen LogP contribution in [0.3, 0.4) is 0 Å². The Morgan fingerprint density at radius 1 is 1.07 bits per heavy atom. The maximum Gasteiger partial charge on any atom is 0.255 e. The smallest absolute Gasteiger partial charge is 0.255 e. The van der Waals surface area contributed by atoms with Gasteiger partial charge in [-0.25, -0.2) is 0 Å². The maximum atomic E-state index is 12.7. The summed E-state index contributed by atoms with van der Waals surface area (Å²) < 4.78 is 0. The molecule has 0 saturated carbocycles. The highest BCUT2D eigenvalue weighted by Crippen LogP contribution is 2.23. The third-order valence-corrected chi connectivity index (χ3v) is 4.34. The molecule has 1 aliphatic heterocycles. The number of para-hydroxylation sites is 1. The summed E-state index contributed by atoms with van der Waals surface area (Å²) in [5, 5.41) is 5.47. The number of nitrogens with two attached hydrogens (primary N) is 1. The summed E-state index contributed by atoms with van der Waals surface area (Å²) in [6, 6.07) is 13.7. The fourth-order valence-electron chi connectivity index (χ4n) is 3.00. The minimum atomic E-state index is -0.345. The Labute approximate surface area is 169 Å². The van der Waals surface area contributed by atoms with Gasteiger partial charge in [-0.2, -0.15) is 0 Å². The SMILES string of the molecule is Cl.NCCNC(=O)c1ccccc1NC(=O)c1cccc(N2CCCC2=O)c1. The summed E-state index contributed by atoms with van der Waals surface area (Å²) in [5.41, 5.74) is 7.32. The number of rotatable bonds is 6. The van der Waals surface area contributed by atoms with E-state index in [2.05, 4.69) is 10.6 Å². The van der Waals surface area contributed by atoms with Gasteiger partial charge < -0.3 is 21.3 Å². The normalized spacial score (nSPS) is 13.0. The van der Waals surface area contributed by atoms with Crippen molar-refractivity contribution in [1.82, 2.24) is 5.32 Å². The zero-order valence-corrected chi connectivity index (χ0v) is 16.1. The molecule has 28 heavy (non-hydrogen) atoms. The van der Waals surface area contributed by atoms with E-state index in [4.69, 9.17) is 5.73 Å². The molecule has 8 heteroatoms. The molecule has 0 bridgehead atoms. The molecule has 0 atom stereocenters. The van der Waals surface area contributed by atoms with Crippen LogP contribution in [0.4, 0.5) is 11.4 Å². The van der Waals surface area contributed by atoms with Gasteiger partial charge in [0.1, 0.15) is 0 Å². The fourth-order valence-corrected chi connectivity index (χ4v) is 3.00. The van der Waals surface area contributed by atoms with Gasteiger partial charge >= 0.3 is 0 Å². The molecule has 0 aromatic heterocycles. The van der Waals surface area contributed by atoms with Gasteiger partial charge in [0, 0.05) is 37.3 Å². The van der Waals surface area contributed by atoms with Crippen LogP contribution in [-0.2, 0) is 4.79 Å². The number of amides is 3. The van der Waals surface area contributed by atoms with Crippen LogP contribution in [0.1, 0.15) is 33.6 Å². The summed E-state index contributed by atoms with van der Waals surface area (Å²) in [5.74, 6) is -0.579. The number of nitrogens with zero attached hydrogens (tertiary/aromatic N) is 1. The molecule has 0 aliphatic carbocycles. The number of anilines is 2. The predicted molar refractivity (Wildman–Crippen MR) is 111 cm³/mol. The van der Waals surface area contributed by atoms with Crippen molar-refractivity contribution in [1.29, 1.82) is 0 Å². The van der Waals surface area contributed by atoms with Crippen molar-refractivity contribution in [2.45, 2.75) is 12.8 Å². The highest BCUT2D eigenvalue weighted by atomic mass is 35.5. The van der Waals surface area contributed by atoms with Crippen LogP contribution < -0.4 is 21.3 Å². The molecular weight excluding hydrogens is 380 g/mol. The van der Waals surface area contributed by atoms with Crippen LogP contribution in [-0.4, -0.2) is 37.4 Å². The molecule has 1 aliphatic rings. The quantitative estimate of drug-likeness (QED) is 0.688. The number of benzene rings is 2. The summed E-state index contributed by atoms with van der Waals surface area (Å²) in [6.07, 6.45) is 1.35. The van der Waals surface area contributed by atoms with Crippen molar-refractivity contribution >= 4 is 41.5 Å². The van der Waals surface area contributed by atoms with E-state index in [0.29, 0.717) is 48.6 Å². The van der Waals surface area contributed by atoms with Crippen molar-refractivity contribution in [3.05, 3.63) is 59.7 Å². The van der Waals surface area contributed by atoms with Crippen LogP contribution in [0.5, 0.6) is 0 Å². The second-order valence-corrected chi connectivity index (χ2v) is 6.24. The van der Waals surface area contributed by atoms with Gasteiger partial charge in [0.25, 0.3) is 11.8 Å². The van der Waals surface area contributed by atoms with Crippen molar-refractivity contribution < 1.29 is 14.4 Å². The van der Waals surface area contributed by atoms with E-state index in [0.717, 1.165) is 6.42 Å². The first kappa shape index (κ1) is 21.4. The molecular formula is C20H23ClN4O3. The Morgan fingerprint density at radius 3 is 2.57 bits per heavy atom. The lowest BCUT2D eigenvalue weighted by atomic mass is 10.1. The fraction of sp³-hybridized carbons (Fsp3) is 0.250. The van der Waals surface area contributed by atoms with Gasteiger partial charge in [0.05, 0.1) is 11.3 Å². The minimum Gasteiger partial charge on any atom is -0.351 e. The molecule has 1 fully saturated rings. The van der Waals surface area contributed by atoms with E-state index < -0.39 is 0 Å². The largest absolute Gasteiger partial charge is 0.351 e. The molecule has 148 valence electrons. The molecule has 4 N–H and O–H groups in total. The monoisotopic (exact) mass is 402 g/mol. The Kier molecular flexibility index (Phi) is 7.54. The molecule has 0 unspecified atom stereocenters.